The maximum atomic E-state index is 12.2. The number of hydrogen-bond donors (Lipinski definition) is 0. The van der Waals surface area contributed by atoms with E-state index >= 15 is 0 Å². The molecule has 0 aliphatic carbocycles. The molecule has 21 heavy (non-hydrogen) atoms. The zero-order valence-corrected chi connectivity index (χ0v) is 12.0. The molecule has 3 rings (SSSR count). The highest BCUT2D eigenvalue weighted by molar-refractivity contribution is 6.33. The Kier molecular flexibility index (Phi) is 3.58. The van der Waals surface area contributed by atoms with Crippen molar-refractivity contribution in [2.75, 3.05) is 6.61 Å². The molecule has 0 aliphatic rings. The van der Waals surface area contributed by atoms with E-state index in [9.17, 15) is 4.79 Å². The molecule has 0 amide bonds. The molecule has 5 nitrogen and oxygen atoms in total. The Hall–Kier alpha value is -2.40. The maximum Gasteiger partial charge on any atom is 0.341 e. The van der Waals surface area contributed by atoms with Gasteiger partial charge in [0.15, 0.2) is 5.65 Å². The normalized spacial score (nSPS) is 10.8. The van der Waals surface area contributed by atoms with Crippen LogP contribution in [0, 0.1) is 0 Å². The highest BCUT2D eigenvalue weighted by atomic mass is 35.5. The van der Waals surface area contributed by atoms with Gasteiger partial charge in [-0.15, -0.1) is 0 Å². The van der Waals surface area contributed by atoms with Crippen LogP contribution in [0.5, 0.6) is 0 Å². The van der Waals surface area contributed by atoms with Gasteiger partial charge in [-0.3, -0.25) is 0 Å². The molecule has 0 atom stereocenters. The minimum Gasteiger partial charge on any atom is -0.462 e. The average Bonchev–Trinajstić information content (AvgIpc) is 2.95. The molecule has 2 aromatic heterocycles. The second kappa shape index (κ2) is 5.54. The van der Waals surface area contributed by atoms with Gasteiger partial charge in [0.25, 0.3) is 0 Å². The molecule has 0 bridgehead atoms. The number of carbonyl (C=O) groups is 1. The fourth-order valence-electron chi connectivity index (χ4n) is 2.14. The number of halogens is 1. The van der Waals surface area contributed by atoms with Crippen molar-refractivity contribution in [3.63, 3.8) is 0 Å². The summed E-state index contributed by atoms with van der Waals surface area (Å²) in [4.78, 5) is 16.4. The van der Waals surface area contributed by atoms with Gasteiger partial charge in [-0.05, 0) is 13.0 Å². The molecule has 6 heteroatoms. The van der Waals surface area contributed by atoms with Crippen molar-refractivity contribution in [1.82, 2.24) is 14.6 Å². The summed E-state index contributed by atoms with van der Waals surface area (Å²) >= 11 is 6.27. The summed E-state index contributed by atoms with van der Waals surface area (Å²) in [7, 11) is 0. The van der Waals surface area contributed by atoms with E-state index in [4.69, 9.17) is 16.3 Å². The summed E-state index contributed by atoms with van der Waals surface area (Å²) in [6.45, 7) is 2.05. The third kappa shape index (κ3) is 2.36. The van der Waals surface area contributed by atoms with Crippen LogP contribution in [0.4, 0.5) is 0 Å². The van der Waals surface area contributed by atoms with E-state index < -0.39 is 5.97 Å². The van der Waals surface area contributed by atoms with Gasteiger partial charge < -0.3 is 4.74 Å². The molecule has 1 aromatic carbocycles. The van der Waals surface area contributed by atoms with E-state index in [0.717, 1.165) is 0 Å². The third-order valence-electron chi connectivity index (χ3n) is 3.04. The number of fused-ring (bicyclic) bond motifs is 1. The minimum atomic E-state index is -0.447. The van der Waals surface area contributed by atoms with Crippen LogP contribution in [0.3, 0.4) is 0 Å². The van der Waals surface area contributed by atoms with Crippen LogP contribution in [0.25, 0.3) is 16.9 Å². The lowest BCUT2D eigenvalue weighted by Gasteiger charge is -2.11. The van der Waals surface area contributed by atoms with Gasteiger partial charge in [0.05, 0.1) is 18.5 Å². The molecule has 0 spiro atoms. The molecule has 0 fully saturated rings. The number of esters is 1. The van der Waals surface area contributed by atoms with Crippen molar-refractivity contribution < 1.29 is 9.53 Å². The Morgan fingerprint density at radius 3 is 2.90 bits per heavy atom. The molecule has 0 unspecified atom stereocenters. The minimum absolute atomic E-state index is 0.290. The van der Waals surface area contributed by atoms with Crippen LogP contribution in [-0.4, -0.2) is 27.2 Å². The largest absolute Gasteiger partial charge is 0.462 e. The van der Waals surface area contributed by atoms with Crippen molar-refractivity contribution in [3.05, 3.63) is 53.3 Å². The van der Waals surface area contributed by atoms with Crippen molar-refractivity contribution >= 4 is 23.2 Å². The second-order valence-electron chi connectivity index (χ2n) is 4.32. The summed E-state index contributed by atoms with van der Waals surface area (Å²) in [5.74, 6) is -0.447. The average molecular weight is 302 g/mol. The Morgan fingerprint density at radius 2 is 2.14 bits per heavy atom. The van der Waals surface area contributed by atoms with Gasteiger partial charge >= 0.3 is 5.97 Å². The van der Waals surface area contributed by atoms with E-state index in [0.29, 0.717) is 27.5 Å². The fraction of sp³-hybridized carbons (Fsp3) is 0.133. The molecule has 0 saturated carbocycles. The summed E-state index contributed by atoms with van der Waals surface area (Å²) in [5, 5.41) is 4.76. The van der Waals surface area contributed by atoms with E-state index in [-0.39, 0.29) is 6.61 Å². The lowest BCUT2D eigenvalue weighted by molar-refractivity contribution is 0.0526. The van der Waals surface area contributed by atoms with Crippen LogP contribution >= 0.6 is 11.6 Å². The van der Waals surface area contributed by atoms with Crippen LogP contribution in [-0.2, 0) is 4.74 Å². The van der Waals surface area contributed by atoms with Crippen molar-refractivity contribution in [2.45, 2.75) is 6.92 Å². The van der Waals surface area contributed by atoms with E-state index in [1.165, 1.54) is 6.20 Å². The number of rotatable bonds is 3. The van der Waals surface area contributed by atoms with Crippen LogP contribution in [0.15, 0.2) is 42.7 Å². The number of ether oxygens (including phenoxy) is 1. The SMILES string of the molecule is CCOC(=O)c1cnc2ccnn2c1-c1ccccc1Cl. The molecule has 0 radical (unpaired) electrons. The van der Waals surface area contributed by atoms with Crippen LogP contribution < -0.4 is 0 Å². The summed E-state index contributed by atoms with van der Waals surface area (Å²) in [6.07, 6.45) is 3.12. The number of benzene rings is 1. The van der Waals surface area contributed by atoms with Crippen molar-refractivity contribution in [2.24, 2.45) is 0 Å². The molecule has 2 heterocycles. The molecule has 0 aliphatic heterocycles. The van der Waals surface area contributed by atoms with Gasteiger partial charge in [-0.25, -0.2) is 14.3 Å². The third-order valence-corrected chi connectivity index (χ3v) is 3.37. The number of aromatic nitrogens is 3. The summed E-state index contributed by atoms with van der Waals surface area (Å²) < 4.78 is 6.68. The van der Waals surface area contributed by atoms with Crippen LogP contribution in [0.1, 0.15) is 17.3 Å². The van der Waals surface area contributed by atoms with E-state index in [2.05, 4.69) is 10.1 Å². The van der Waals surface area contributed by atoms with Gasteiger partial charge in [0.2, 0.25) is 0 Å². The molecular weight excluding hydrogens is 290 g/mol. The highest BCUT2D eigenvalue weighted by Gasteiger charge is 2.20. The number of hydrogen-bond acceptors (Lipinski definition) is 4. The van der Waals surface area contributed by atoms with Crippen molar-refractivity contribution in [3.8, 4) is 11.3 Å². The smallest absolute Gasteiger partial charge is 0.341 e. The van der Waals surface area contributed by atoms with Crippen molar-refractivity contribution in [1.29, 1.82) is 0 Å². The maximum absolute atomic E-state index is 12.2. The first kappa shape index (κ1) is 13.6. The van der Waals surface area contributed by atoms with Crippen LogP contribution in [0.2, 0.25) is 5.02 Å². The predicted molar refractivity (Wildman–Crippen MR) is 79.4 cm³/mol. The number of carbonyl (C=O) groups excluding carboxylic acids is 1. The summed E-state index contributed by atoms with van der Waals surface area (Å²) in [5.41, 5.74) is 2.26. The molecular formula is C15H12ClN3O2. The predicted octanol–water partition coefficient (Wildman–Crippen LogP) is 3.23. The monoisotopic (exact) mass is 301 g/mol. The first-order valence-corrected chi connectivity index (χ1v) is 6.85. The zero-order valence-electron chi connectivity index (χ0n) is 11.3. The Morgan fingerprint density at radius 1 is 1.33 bits per heavy atom. The van der Waals surface area contributed by atoms with Gasteiger partial charge in [-0.1, -0.05) is 29.8 Å². The van der Waals surface area contributed by atoms with Gasteiger partial charge in [0, 0.05) is 22.8 Å². The first-order chi connectivity index (χ1) is 10.2. The molecule has 0 N–H and O–H groups in total. The summed E-state index contributed by atoms with van der Waals surface area (Å²) in [6, 6.07) is 9.04. The number of nitrogens with zero attached hydrogens (tertiary/aromatic N) is 3. The van der Waals surface area contributed by atoms with E-state index in [1.54, 1.807) is 29.8 Å². The second-order valence-corrected chi connectivity index (χ2v) is 4.73. The fourth-order valence-corrected chi connectivity index (χ4v) is 2.37. The first-order valence-electron chi connectivity index (χ1n) is 6.47. The Bertz CT molecular complexity index is 814. The standard InChI is InChI=1S/C15H12ClN3O2/c1-2-21-15(20)11-9-17-13-7-8-18-19(13)14(11)10-5-3-4-6-12(10)16/h3-9H,2H2,1H3. The quantitative estimate of drug-likeness (QED) is 0.697. The topological polar surface area (TPSA) is 56.5 Å². The molecule has 3 aromatic rings. The highest BCUT2D eigenvalue weighted by Crippen LogP contribution is 2.30. The lowest BCUT2D eigenvalue weighted by Crippen LogP contribution is -2.11. The molecule has 0 saturated heterocycles. The zero-order chi connectivity index (χ0) is 14.8. The molecule has 106 valence electrons. The Balaban J connectivity index is 2.32. The lowest BCUT2D eigenvalue weighted by atomic mass is 10.1. The van der Waals surface area contributed by atoms with Gasteiger partial charge in [0.1, 0.15) is 5.56 Å². The van der Waals surface area contributed by atoms with Gasteiger partial charge in [-0.2, -0.15) is 5.10 Å². The Labute approximate surface area is 126 Å². The van der Waals surface area contributed by atoms with E-state index in [1.807, 2.05) is 18.2 Å².